The number of fused-ring (bicyclic) bond motifs is 1. The molecule has 0 spiro atoms. The lowest BCUT2D eigenvalue weighted by Crippen LogP contribution is -2.55. The number of hydrogen-bond donors (Lipinski definition) is 3. The van der Waals surface area contributed by atoms with E-state index in [-0.39, 0.29) is 69.1 Å². The van der Waals surface area contributed by atoms with Gasteiger partial charge in [-0.1, -0.05) is 60.7 Å². The normalized spacial score (nSPS) is 16.3. The molecule has 2 aliphatic rings. The topological polar surface area (TPSA) is 149 Å². The Kier molecular flexibility index (Phi) is 11.5. The molecule has 0 aromatic heterocycles. The summed E-state index contributed by atoms with van der Waals surface area (Å²) in [4.78, 5) is 55.7. The first kappa shape index (κ1) is 34.9. The van der Waals surface area contributed by atoms with Gasteiger partial charge >= 0.3 is 18.0 Å². The minimum atomic E-state index is -1.48. The van der Waals surface area contributed by atoms with E-state index in [1.165, 1.54) is 6.20 Å². The molecule has 258 valence electrons. The van der Waals surface area contributed by atoms with Gasteiger partial charge in [-0.25, -0.2) is 14.0 Å². The highest BCUT2D eigenvalue weighted by Gasteiger charge is 2.33. The fourth-order valence-corrected chi connectivity index (χ4v) is 5.81. The fourth-order valence-electron chi connectivity index (χ4n) is 5.81. The molecule has 49 heavy (non-hydrogen) atoms. The van der Waals surface area contributed by atoms with Crippen LogP contribution < -0.4 is 15.1 Å². The first-order valence-electron chi connectivity index (χ1n) is 16.1. The highest BCUT2D eigenvalue weighted by atomic mass is 19.1. The molecule has 12 nitrogen and oxygen atoms in total. The number of halogens is 1. The second-order valence-corrected chi connectivity index (χ2v) is 11.7. The number of esters is 1. The summed E-state index contributed by atoms with van der Waals surface area (Å²) in [6.45, 7) is 3.22. The number of benzene rings is 3. The van der Waals surface area contributed by atoms with Crippen LogP contribution in [0, 0.1) is 5.82 Å². The number of ether oxygens (including phenoxy) is 2. The molecule has 3 aromatic rings. The van der Waals surface area contributed by atoms with Crippen LogP contribution in [0.1, 0.15) is 42.6 Å². The Hall–Kier alpha value is -5.43. The van der Waals surface area contributed by atoms with Crippen molar-refractivity contribution >= 4 is 35.3 Å². The minimum Gasteiger partial charge on any atom is -0.478 e. The number of rotatable bonds is 12. The predicted molar refractivity (Wildman–Crippen MR) is 178 cm³/mol. The number of piperazine rings is 1. The van der Waals surface area contributed by atoms with E-state index in [0.717, 1.165) is 17.2 Å². The Morgan fingerprint density at radius 2 is 1.51 bits per heavy atom. The number of carboxylic acids is 1. The third kappa shape index (κ3) is 8.73. The van der Waals surface area contributed by atoms with E-state index in [1.54, 1.807) is 32.9 Å². The number of aliphatic carboxylic acids is 1. The van der Waals surface area contributed by atoms with Gasteiger partial charge in [-0.3, -0.25) is 9.59 Å². The largest absolute Gasteiger partial charge is 0.478 e. The van der Waals surface area contributed by atoms with Crippen LogP contribution >= 0.6 is 0 Å². The van der Waals surface area contributed by atoms with E-state index in [4.69, 9.17) is 9.47 Å². The molecular weight excluding hydrogens is 635 g/mol. The molecule has 2 amide bonds. The van der Waals surface area contributed by atoms with E-state index in [1.807, 2.05) is 55.5 Å². The molecule has 0 radical (unpaired) electrons. The monoisotopic (exact) mass is 674 g/mol. The molecule has 1 saturated heterocycles. The molecule has 13 heteroatoms. The lowest BCUT2D eigenvalue weighted by atomic mass is 9.95. The third-order valence-electron chi connectivity index (χ3n) is 8.49. The maximum atomic E-state index is 15.4. The number of carbonyl (C=O) groups is 4. The zero-order valence-corrected chi connectivity index (χ0v) is 27.1. The number of hydrogen-bond acceptors (Lipinski definition) is 9. The van der Waals surface area contributed by atoms with E-state index < -0.39 is 41.9 Å². The van der Waals surface area contributed by atoms with E-state index >= 15 is 4.39 Å². The van der Waals surface area contributed by atoms with Gasteiger partial charge in [-0.2, -0.15) is 0 Å². The van der Waals surface area contributed by atoms with Crippen LogP contribution in [0.2, 0.25) is 0 Å². The summed E-state index contributed by atoms with van der Waals surface area (Å²) in [7, 11) is 0. The summed E-state index contributed by atoms with van der Waals surface area (Å²) in [6.07, 6.45) is -1.08. The standard InChI is InChI=1S/C36H39FN4O8/c1-2-39-21-27(35(45)46)33(43)26-19-28(37)31(20-30(26)39)40-15-17-41(18-16-40)34(44)29(38-36(47)49-23-25-11-7-4-8-12-25)13-14-32(42)48-22-24-9-5-3-6-10-24/h3-12,19-21,29,33,43H,2,13-18,22-23H2,1H3,(H,38,47)(H,45,46)/t29-,33?/m0/s1. The molecule has 2 heterocycles. The van der Waals surface area contributed by atoms with Gasteiger partial charge in [0.2, 0.25) is 5.91 Å². The summed E-state index contributed by atoms with van der Waals surface area (Å²) in [6, 6.07) is 19.9. The molecular formula is C36H39FN4O8. The Morgan fingerprint density at radius 1 is 0.898 bits per heavy atom. The number of anilines is 2. The van der Waals surface area contributed by atoms with Crippen molar-refractivity contribution in [2.75, 3.05) is 42.5 Å². The third-order valence-corrected chi connectivity index (χ3v) is 8.49. The SMILES string of the molecule is CCN1C=C(C(=O)O)C(O)c2cc(F)c(N3CCN(C(=O)[C@H](CCC(=O)OCc4ccccc4)NC(=O)OCc4ccccc4)CC3)cc21. The van der Waals surface area contributed by atoms with Crippen molar-refractivity contribution < 1.29 is 43.3 Å². The molecule has 0 saturated carbocycles. The molecule has 2 atom stereocenters. The van der Waals surface area contributed by atoms with Crippen molar-refractivity contribution in [3.05, 3.63) is 107 Å². The number of alkyl carbamates (subject to hydrolysis) is 1. The fraction of sp³-hybridized carbons (Fsp3) is 0.333. The van der Waals surface area contributed by atoms with Crippen molar-refractivity contribution in [2.24, 2.45) is 0 Å². The molecule has 0 bridgehead atoms. The van der Waals surface area contributed by atoms with Crippen LogP contribution in [0.15, 0.2) is 84.6 Å². The van der Waals surface area contributed by atoms with Gasteiger partial charge in [0.1, 0.15) is 31.2 Å². The van der Waals surface area contributed by atoms with Gasteiger partial charge in [0.15, 0.2) is 0 Å². The molecule has 1 unspecified atom stereocenters. The smallest absolute Gasteiger partial charge is 0.408 e. The summed E-state index contributed by atoms with van der Waals surface area (Å²) < 4.78 is 26.1. The van der Waals surface area contributed by atoms with Gasteiger partial charge in [0.25, 0.3) is 0 Å². The van der Waals surface area contributed by atoms with Crippen LogP contribution in [0.5, 0.6) is 0 Å². The molecule has 5 rings (SSSR count). The number of amides is 2. The summed E-state index contributed by atoms with van der Waals surface area (Å²) >= 11 is 0. The van der Waals surface area contributed by atoms with E-state index in [9.17, 15) is 29.4 Å². The molecule has 2 aliphatic heterocycles. The van der Waals surface area contributed by atoms with Crippen LogP contribution in [0.25, 0.3) is 0 Å². The quantitative estimate of drug-likeness (QED) is 0.240. The van der Waals surface area contributed by atoms with Gasteiger partial charge in [0.05, 0.1) is 11.3 Å². The number of nitrogens with zero attached hydrogens (tertiary/aromatic N) is 3. The zero-order valence-electron chi connectivity index (χ0n) is 27.1. The number of carbonyl (C=O) groups excluding carboxylic acids is 3. The van der Waals surface area contributed by atoms with Crippen LogP contribution in [-0.2, 0) is 37.1 Å². The number of aliphatic hydroxyl groups excluding tert-OH is 1. The molecule has 1 fully saturated rings. The number of nitrogens with one attached hydrogen (secondary N) is 1. The summed E-state index contributed by atoms with van der Waals surface area (Å²) in [5, 5.41) is 22.7. The highest BCUT2D eigenvalue weighted by molar-refractivity contribution is 5.91. The maximum absolute atomic E-state index is 15.4. The van der Waals surface area contributed by atoms with Crippen LogP contribution in [-0.4, -0.2) is 77.8 Å². The van der Waals surface area contributed by atoms with Crippen molar-refractivity contribution in [3.8, 4) is 0 Å². The Morgan fingerprint density at radius 3 is 2.10 bits per heavy atom. The van der Waals surface area contributed by atoms with Crippen molar-refractivity contribution in [1.82, 2.24) is 10.2 Å². The van der Waals surface area contributed by atoms with Crippen molar-refractivity contribution in [1.29, 1.82) is 0 Å². The summed E-state index contributed by atoms with van der Waals surface area (Å²) in [5.41, 5.74) is 2.25. The van der Waals surface area contributed by atoms with Gasteiger partial charge in [-0.15, -0.1) is 0 Å². The van der Waals surface area contributed by atoms with Gasteiger partial charge in [-0.05, 0) is 36.6 Å². The summed E-state index contributed by atoms with van der Waals surface area (Å²) in [5.74, 6) is -2.85. The molecule has 0 aliphatic carbocycles. The number of aliphatic hydroxyl groups is 1. The Labute approximate surface area is 283 Å². The average molecular weight is 675 g/mol. The first-order chi connectivity index (χ1) is 23.6. The number of carboxylic acid groups (broad SMARTS) is 1. The minimum absolute atomic E-state index is 0.00236. The van der Waals surface area contributed by atoms with Crippen LogP contribution in [0.3, 0.4) is 0 Å². The molecule has 3 N–H and O–H groups in total. The second kappa shape index (κ2) is 16.1. The van der Waals surface area contributed by atoms with E-state index in [2.05, 4.69) is 5.32 Å². The van der Waals surface area contributed by atoms with Gasteiger partial charge < -0.3 is 39.7 Å². The lowest BCUT2D eigenvalue weighted by Gasteiger charge is -2.38. The average Bonchev–Trinajstić information content (AvgIpc) is 3.12. The lowest BCUT2D eigenvalue weighted by molar-refractivity contribution is -0.145. The Balaban J connectivity index is 1.23. The maximum Gasteiger partial charge on any atom is 0.408 e. The first-order valence-corrected chi connectivity index (χ1v) is 16.1. The predicted octanol–water partition coefficient (Wildman–Crippen LogP) is 4.13. The zero-order chi connectivity index (χ0) is 34.9. The highest BCUT2D eigenvalue weighted by Crippen LogP contribution is 2.40. The van der Waals surface area contributed by atoms with Crippen molar-refractivity contribution in [2.45, 2.75) is 45.1 Å². The van der Waals surface area contributed by atoms with E-state index in [0.29, 0.717) is 12.2 Å². The molecule has 3 aromatic carbocycles. The second-order valence-electron chi connectivity index (χ2n) is 11.7. The van der Waals surface area contributed by atoms with Crippen molar-refractivity contribution in [3.63, 3.8) is 0 Å². The Bertz CT molecular complexity index is 1680. The van der Waals surface area contributed by atoms with Crippen LogP contribution in [0.4, 0.5) is 20.6 Å². The van der Waals surface area contributed by atoms with Gasteiger partial charge in [0, 0.05) is 56.6 Å².